The van der Waals surface area contributed by atoms with Crippen molar-refractivity contribution < 1.29 is 18.3 Å². The molecular formula is C29H30F3N3O. The predicted octanol–water partition coefficient (Wildman–Crippen LogP) is 7.41. The van der Waals surface area contributed by atoms with Gasteiger partial charge in [-0.1, -0.05) is 18.2 Å². The van der Waals surface area contributed by atoms with Gasteiger partial charge >= 0.3 is 6.18 Å². The van der Waals surface area contributed by atoms with E-state index in [2.05, 4.69) is 27.8 Å². The molecule has 7 rings (SSSR count). The molecule has 0 aliphatic heterocycles. The monoisotopic (exact) mass is 493 g/mol. The summed E-state index contributed by atoms with van der Waals surface area (Å²) in [5, 5.41) is 17.0. The molecule has 1 atom stereocenters. The number of rotatable bonds is 6. The summed E-state index contributed by atoms with van der Waals surface area (Å²) in [5.41, 5.74) is 2.46. The predicted molar refractivity (Wildman–Crippen MR) is 134 cm³/mol. The maximum absolute atomic E-state index is 13.1. The highest BCUT2D eigenvalue weighted by molar-refractivity contribution is 5.61. The van der Waals surface area contributed by atoms with E-state index < -0.39 is 18.0 Å². The van der Waals surface area contributed by atoms with Crippen LogP contribution in [0.4, 0.5) is 30.4 Å². The van der Waals surface area contributed by atoms with Crippen LogP contribution in [0.3, 0.4) is 0 Å². The molecule has 0 radical (unpaired) electrons. The van der Waals surface area contributed by atoms with Crippen molar-refractivity contribution in [2.24, 2.45) is 17.8 Å². The molecule has 2 aromatic carbocycles. The summed E-state index contributed by atoms with van der Waals surface area (Å²) in [6.45, 7) is 0. The topological polar surface area (TPSA) is 57.2 Å². The van der Waals surface area contributed by atoms with Crippen molar-refractivity contribution in [2.45, 2.75) is 56.3 Å². The molecule has 7 heteroatoms. The number of benzene rings is 2. The molecule has 4 aliphatic rings. The highest BCUT2D eigenvalue weighted by Crippen LogP contribution is 2.60. The third-order valence-electron chi connectivity index (χ3n) is 8.43. The first kappa shape index (κ1) is 23.3. The number of aliphatic hydroxyl groups is 1. The number of hydrogen-bond acceptors (Lipinski definition) is 4. The number of aromatic nitrogens is 1. The molecular weight excluding hydrogens is 463 g/mol. The van der Waals surface area contributed by atoms with Gasteiger partial charge in [-0.25, -0.2) is 4.98 Å². The van der Waals surface area contributed by atoms with Crippen molar-refractivity contribution in [3.05, 3.63) is 83.6 Å². The van der Waals surface area contributed by atoms with Gasteiger partial charge in [-0.2, -0.15) is 13.2 Å². The summed E-state index contributed by atoms with van der Waals surface area (Å²) in [6, 6.07) is 16.8. The number of anilines is 3. The second kappa shape index (κ2) is 8.80. The Bertz CT molecular complexity index is 1210. The number of pyridine rings is 1. The van der Waals surface area contributed by atoms with Gasteiger partial charge in [0.2, 0.25) is 0 Å². The smallest absolute Gasteiger partial charge is 0.369 e. The molecule has 4 aliphatic carbocycles. The van der Waals surface area contributed by atoms with Gasteiger partial charge in [0.15, 0.2) is 6.23 Å². The number of hydrogen-bond donors (Lipinski definition) is 3. The first-order valence-electron chi connectivity index (χ1n) is 12.7. The van der Waals surface area contributed by atoms with Gasteiger partial charge in [-0.05, 0) is 110 Å². The lowest BCUT2D eigenvalue weighted by Gasteiger charge is -2.57. The molecule has 1 aromatic heterocycles. The van der Waals surface area contributed by atoms with E-state index in [1.807, 2.05) is 12.1 Å². The molecule has 4 nitrogen and oxygen atoms in total. The van der Waals surface area contributed by atoms with Gasteiger partial charge in [0.05, 0.1) is 5.56 Å². The lowest BCUT2D eigenvalue weighted by Crippen LogP contribution is -2.48. The van der Waals surface area contributed by atoms with Crippen LogP contribution in [0.2, 0.25) is 0 Å². The standard InChI is InChI=1S/C29H30F3N3O/c30-29(31,32)22-3-1-4-24(14-22)34-26-25(5-2-10-33-26)27(36)35-23-8-6-21(7-9-23)28-15-18-11-19(16-28)13-20(12-18)17-28/h1-10,14,18-20,27,35-36H,11-13,15-17H2,(H,33,34). The lowest BCUT2D eigenvalue weighted by atomic mass is 9.48. The molecule has 4 saturated carbocycles. The average molecular weight is 494 g/mol. The number of nitrogens with one attached hydrogen (secondary N) is 2. The second-order valence-corrected chi connectivity index (χ2v) is 11.0. The largest absolute Gasteiger partial charge is 0.416 e. The van der Waals surface area contributed by atoms with E-state index in [0.717, 1.165) is 35.6 Å². The van der Waals surface area contributed by atoms with Crippen LogP contribution < -0.4 is 10.6 Å². The van der Waals surface area contributed by atoms with Crippen molar-refractivity contribution >= 4 is 17.2 Å². The Morgan fingerprint density at radius 2 is 1.53 bits per heavy atom. The minimum Gasteiger partial charge on any atom is -0.369 e. The SMILES string of the molecule is OC(Nc1ccc(C23CC4CC(CC(C4)C2)C3)cc1)c1cccnc1Nc1cccc(C(F)(F)F)c1. The molecule has 0 saturated heterocycles. The average Bonchev–Trinajstić information content (AvgIpc) is 2.83. The van der Waals surface area contributed by atoms with Crippen LogP contribution in [0.25, 0.3) is 0 Å². The molecule has 36 heavy (non-hydrogen) atoms. The van der Waals surface area contributed by atoms with Crippen LogP contribution in [0.1, 0.15) is 61.4 Å². The number of alkyl halides is 3. The van der Waals surface area contributed by atoms with Gasteiger partial charge < -0.3 is 15.7 Å². The van der Waals surface area contributed by atoms with Crippen LogP contribution in [0.5, 0.6) is 0 Å². The van der Waals surface area contributed by atoms with Crippen LogP contribution >= 0.6 is 0 Å². The summed E-state index contributed by atoms with van der Waals surface area (Å²) in [5.74, 6) is 2.93. The Kier molecular flexibility index (Phi) is 5.71. The van der Waals surface area contributed by atoms with Crippen molar-refractivity contribution in [3.63, 3.8) is 0 Å². The summed E-state index contributed by atoms with van der Waals surface area (Å²) in [6.07, 6.45) is 4.14. The molecule has 4 fully saturated rings. The first-order valence-corrected chi connectivity index (χ1v) is 12.7. The van der Waals surface area contributed by atoms with Crippen molar-refractivity contribution in [1.82, 2.24) is 4.98 Å². The van der Waals surface area contributed by atoms with E-state index >= 15 is 0 Å². The zero-order valence-corrected chi connectivity index (χ0v) is 19.9. The Balaban J connectivity index is 1.18. The van der Waals surface area contributed by atoms with Gasteiger partial charge in [-0.15, -0.1) is 0 Å². The molecule has 1 unspecified atom stereocenters. The van der Waals surface area contributed by atoms with E-state index in [-0.39, 0.29) is 5.69 Å². The summed E-state index contributed by atoms with van der Waals surface area (Å²) in [4.78, 5) is 4.26. The van der Waals surface area contributed by atoms with Crippen molar-refractivity contribution in [1.29, 1.82) is 0 Å². The van der Waals surface area contributed by atoms with E-state index in [1.165, 1.54) is 62.4 Å². The third kappa shape index (κ3) is 4.45. The maximum atomic E-state index is 13.1. The summed E-state index contributed by atoms with van der Waals surface area (Å²) in [7, 11) is 0. The summed E-state index contributed by atoms with van der Waals surface area (Å²) < 4.78 is 39.3. The lowest BCUT2D eigenvalue weighted by molar-refractivity contribution is -0.137. The zero-order chi connectivity index (χ0) is 24.9. The molecule has 3 aromatic rings. The van der Waals surface area contributed by atoms with Crippen LogP contribution in [-0.2, 0) is 11.6 Å². The van der Waals surface area contributed by atoms with Crippen LogP contribution in [0.15, 0.2) is 66.9 Å². The fourth-order valence-corrected chi connectivity index (χ4v) is 7.27. The van der Waals surface area contributed by atoms with Crippen molar-refractivity contribution in [2.75, 3.05) is 10.6 Å². The Morgan fingerprint density at radius 3 is 2.17 bits per heavy atom. The quantitative estimate of drug-likeness (QED) is 0.313. The molecule has 3 N–H and O–H groups in total. The number of halogens is 3. The molecule has 1 heterocycles. The minimum atomic E-state index is -4.44. The van der Waals surface area contributed by atoms with Gasteiger partial charge in [0.25, 0.3) is 0 Å². The van der Waals surface area contributed by atoms with E-state index in [4.69, 9.17) is 0 Å². The number of nitrogens with zero attached hydrogens (tertiary/aromatic N) is 1. The maximum Gasteiger partial charge on any atom is 0.416 e. The van der Waals surface area contributed by atoms with Gasteiger partial charge in [-0.3, -0.25) is 0 Å². The van der Waals surface area contributed by atoms with E-state index in [9.17, 15) is 18.3 Å². The van der Waals surface area contributed by atoms with Crippen molar-refractivity contribution in [3.8, 4) is 0 Å². The highest BCUT2D eigenvalue weighted by Gasteiger charge is 2.51. The zero-order valence-electron chi connectivity index (χ0n) is 19.9. The highest BCUT2D eigenvalue weighted by atomic mass is 19.4. The fraction of sp³-hybridized carbons (Fsp3) is 0.414. The van der Waals surface area contributed by atoms with E-state index in [1.54, 1.807) is 12.1 Å². The third-order valence-corrected chi connectivity index (χ3v) is 8.43. The Morgan fingerprint density at radius 1 is 0.861 bits per heavy atom. The molecule has 0 spiro atoms. The Hall–Kier alpha value is -3.06. The van der Waals surface area contributed by atoms with Crippen LogP contribution in [-0.4, -0.2) is 10.1 Å². The molecule has 4 bridgehead atoms. The number of aliphatic hydroxyl groups excluding tert-OH is 1. The second-order valence-electron chi connectivity index (χ2n) is 11.0. The first-order chi connectivity index (χ1) is 17.3. The van der Waals surface area contributed by atoms with Gasteiger partial charge in [0.1, 0.15) is 5.82 Å². The molecule has 0 amide bonds. The normalized spacial score (nSPS) is 27.6. The summed E-state index contributed by atoms with van der Waals surface area (Å²) >= 11 is 0. The molecule has 188 valence electrons. The fourth-order valence-electron chi connectivity index (χ4n) is 7.27. The van der Waals surface area contributed by atoms with Crippen LogP contribution in [0, 0.1) is 17.8 Å². The van der Waals surface area contributed by atoms with E-state index in [0.29, 0.717) is 16.8 Å². The minimum absolute atomic E-state index is 0.247. The Labute approximate surface area is 209 Å². The van der Waals surface area contributed by atoms with Gasteiger partial charge in [0, 0.05) is 23.1 Å².